The van der Waals surface area contributed by atoms with E-state index in [9.17, 15) is 9.18 Å². The third kappa shape index (κ3) is 4.82. The Morgan fingerprint density at radius 1 is 1.50 bits per heavy atom. The van der Waals surface area contributed by atoms with Crippen LogP contribution in [0.5, 0.6) is 0 Å². The number of thiazole rings is 1. The molecule has 2 heterocycles. The topological polar surface area (TPSA) is 133 Å². The van der Waals surface area contributed by atoms with Crippen LogP contribution in [0.4, 0.5) is 9.39 Å². The average molecular weight is 432 g/mol. The lowest BCUT2D eigenvalue weighted by Gasteiger charge is -2.35. The average Bonchev–Trinajstić information content (AvgIpc) is 3.15. The maximum atomic E-state index is 13.5. The van der Waals surface area contributed by atoms with Crippen LogP contribution in [0.15, 0.2) is 29.3 Å². The maximum absolute atomic E-state index is 13.5. The minimum absolute atomic E-state index is 0.0587. The number of carbonyl (C=O) groups excluding carboxylic acids is 1. The van der Waals surface area contributed by atoms with E-state index in [0.717, 1.165) is 43.5 Å². The first-order valence-corrected chi connectivity index (χ1v) is 10.5. The molecule has 1 unspecified atom stereocenters. The molecule has 10 heteroatoms. The molecule has 0 saturated carbocycles. The molecule has 0 bridgehead atoms. The van der Waals surface area contributed by atoms with Crippen LogP contribution in [0.1, 0.15) is 23.3 Å². The Kier molecular flexibility index (Phi) is 7.11. The van der Waals surface area contributed by atoms with Gasteiger partial charge in [-0.25, -0.2) is 9.37 Å². The van der Waals surface area contributed by atoms with E-state index >= 15 is 0 Å². The van der Waals surface area contributed by atoms with Crippen molar-refractivity contribution in [2.75, 3.05) is 32.4 Å². The fourth-order valence-corrected chi connectivity index (χ4v) is 4.33. The van der Waals surface area contributed by atoms with Gasteiger partial charge in [0.1, 0.15) is 27.7 Å². The molecule has 3 rings (SSSR count). The number of hydrogen-bond acceptors (Lipinski definition) is 7. The van der Waals surface area contributed by atoms with Gasteiger partial charge in [0.25, 0.3) is 5.91 Å². The van der Waals surface area contributed by atoms with Gasteiger partial charge in [0, 0.05) is 31.9 Å². The number of carbonyl (C=O) groups is 1. The van der Waals surface area contributed by atoms with Gasteiger partial charge in [-0.05, 0) is 37.4 Å². The molecule has 2 aromatic rings. The van der Waals surface area contributed by atoms with Crippen LogP contribution in [0.2, 0.25) is 0 Å². The molecular weight excluding hydrogens is 405 g/mol. The number of hydrogen-bond donors (Lipinski definition) is 4. The number of likely N-dealkylation sites (tertiary alicyclic amines) is 1. The fraction of sp³-hybridized carbons (Fsp3) is 0.400. The summed E-state index contributed by atoms with van der Waals surface area (Å²) in [6.45, 7) is 2.21. The minimum Gasteiger partial charge on any atom is -0.389 e. The highest BCUT2D eigenvalue weighted by molar-refractivity contribution is 7.19. The van der Waals surface area contributed by atoms with Gasteiger partial charge < -0.3 is 27.1 Å². The second-order valence-electron chi connectivity index (χ2n) is 7.11. The van der Waals surface area contributed by atoms with Crippen molar-refractivity contribution in [3.05, 3.63) is 35.8 Å². The number of nitrogens with two attached hydrogens (primary N) is 2. The van der Waals surface area contributed by atoms with Crippen molar-refractivity contribution in [1.29, 1.82) is 5.41 Å². The number of halogens is 1. The molecule has 0 aliphatic carbocycles. The number of aliphatic imine (C=N–C) groups is 1. The van der Waals surface area contributed by atoms with Crippen LogP contribution < -0.4 is 16.8 Å². The Bertz CT molecular complexity index is 937. The van der Waals surface area contributed by atoms with E-state index in [1.165, 1.54) is 12.1 Å². The summed E-state index contributed by atoms with van der Waals surface area (Å²) in [6, 6.07) is 5.26. The predicted molar refractivity (Wildman–Crippen MR) is 119 cm³/mol. The Balaban J connectivity index is 1.74. The van der Waals surface area contributed by atoms with E-state index in [0.29, 0.717) is 28.9 Å². The lowest BCUT2D eigenvalue weighted by atomic mass is 9.96. The zero-order valence-electron chi connectivity index (χ0n) is 16.8. The first-order valence-electron chi connectivity index (χ1n) is 9.72. The lowest BCUT2D eigenvalue weighted by Crippen LogP contribution is -2.52. The van der Waals surface area contributed by atoms with E-state index in [4.69, 9.17) is 16.9 Å². The molecule has 0 spiro atoms. The third-order valence-electron chi connectivity index (χ3n) is 5.17. The van der Waals surface area contributed by atoms with Crippen molar-refractivity contribution in [3.8, 4) is 10.6 Å². The molecule has 1 saturated heterocycles. The molecule has 1 aromatic carbocycles. The quantitative estimate of drug-likeness (QED) is 0.410. The van der Waals surface area contributed by atoms with Gasteiger partial charge in [-0.1, -0.05) is 23.5 Å². The normalized spacial score (nSPS) is 16.4. The summed E-state index contributed by atoms with van der Waals surface area (Å²) >= 11 is 1.11. The molecule has 1 amide bonds. The van der Waals surface area contributed by atoms with E-state index < -0.39 is 17.8 Å². The molecule has 0 radical (unpaired) electrons. The number of nitrogens with one attached hydrogen (secondary N) is 2. The van der Waals surface area contributed by atoms with Gasteiger partial charge >= 0.3 is 0 Å². The van der Waals surface area contributed by atoms with E-state index in [2.05, 4.69) is 20.2 Å². The van der Waals surface area contributed by atoms with Crippen molar-refractivity contribution in [2.24, 2.45) is 16.6 Å². The molecule has 30 heavy (non-hydrogen) atoms. The van der Waals surface area contributed by atoms with Gasteiger partial charge in [0.05, 0.1) is 0 Å². The van der Waals surface area contributed by atoms with Gasteiger partial charge in [-0.3, -0.25) is 9.79 Å². The van der Waals surface area contributed by atoms with Gasteiger partial charge in [-0.15, -0.1) is 0 Å². The second kappa shape index (κ2) is 9.77. The van der Waals surface area contributed by atoms with Crippen molar-refractivity contribution >= 4 is 34.3 Å². The number of amidine groups is 1. The molecule has 1 aliphatic rings. The minimum atomic E-state index is -0.698. The van der Waals surface area contributed by atoms with Crippen molar-refractivity contribution in [3.63, 3.8) is 0 Å². The van der Waals surface area contributed by atoms with E-state index in [1.54, 1.807) is 19.2 Å². The number of aromatic nitrogens is 1. The fourth-order valence-electron chi connectivity index (χ4n) is 3.50. The molecule has 6 N–H and O–H groups in total. The Hall–Kier alpha value is -2.85. The number of amides is 1. The monoisotopic (exact) mass is 431 g/mol. The molecule has 160 valence electrons. The molecule has 1 aliphatic heterocycles. The number of piperidine rings is 1. The van der Waals surface area contributed by atoms with Gasteiger partial charge in [0.15, 0.2) is 5.69 Å². The van der Waals surface area contributed by atoms with Crippen molar-refractivity contribution in [1.82, 2.24) is 15.2 Å². The van der Waals surface area contributed by atoms with E-state index in [1.807, 2.05) is 0 Å². The Labute approximate surface area is 178 Å². The summed E-state index contributed by atoms with van der Waals surface area (Å²) in [4.78, 5) is 23.5. The maximum Gasteiger partial charge on any atom is 0.273 e. The summed E-state index contributed by atoms with van der Waals surface area (Å²) in [5.74, 6) is 0.215. The third-order valence-corrected chi connectivity index (χ3v) is 6.11. The van der Waals surface area contributed by atoms with Crippen LogP contribution in [-0.2, 0) is 0 Å². The summed E-state index contributed by atoms with van der Waals surface area (Å²) in [6.07, 6.45) is 3.04. The van der Waals surface area contributed by atoms with Gasteiger partial charge in [-0.2, -0.15) is 0 Å². The summed E-state index contributed by atoms with van der Waals surface area (Å²) in [7, 11) is 1.65. The summed E-state index contributed by atoms with van der Waals surface area (Å²) in [5, 5.41) is 11.3. The zero-order valence-corrected chi connectivity index (χ0v) is 17.6. The van der Waals surface area contributed by atoms with Crippen LogP contribution in [0.25, 0.3) is 10.6 Å². The first-order chi connectivity index (χ1) is 14.5. The van der Waals surface area contributed by atoms with Crippen LogP contribution in [0, 0.1) is 17.1 Å². The molecule has 1 aromatic heterocycles. The molecule has 1 fully saturated rings. The largest absolute Gasteiger partial charge is 0.389 e. The van der Waals surface area contributed by atoms with Crippen LogP contribution in [0.3, 0.4) is 0 Å². The lowest BCUT2D eigenvalue weighted by molar-refractivity contribution is 0.0949. The number of benzene rings is 1. The SMILES string of the molecule is CN=C(C(C=N)NC(=O)c1nc(-c2cccc(F)c2)sc1N)N1CCC(CN)CC1. The Morgan fingerprint density at radius 2 is 2.23 bits per heavy atom. The van der Waals surface area contributed by atoms with Gasteiger partial charge in [0.2, 0.25) is 0 Å². The number of nitrogens with zero attached hydrogens (tertiary/aromatic N) is 3. The molecule has 1 atom stereocenters. The van der Waals surface area contributed by atoms with E-state index in [-0.39, 0.29) is 10.7 Å². The van der Waals surface area contributed by atoms with Crippen LogP contribution >= 0.6 is 11.3 Å². The number of rotatable bonds is 6. The van der Waals surface area contributed by atoms with Crippen molar-refractivity contribution < 1.29 is 9.18 Å². The zero-order chi connectivity index (χ0) is 21.7. The second-order valence-corrected chi connectivity index (χ2v) is 8.14. The number of nitrogen functional groups attached to an aromatic ring is 1. The predicted octanol–water partition coefficient (Wildman–Crippen LogP) is 1.98. The molecular formula is C20H26FN7OS. The smallest absolute Gasteiger partial charge is 0.273 e. The highest BCUT2D eigenvalue weighted by Crippen LogP contribution is 2.30. The standard InChI is InChI=1S/C20H26FN7OS/c1-25-18(28-7-5-12(10-22)6-8-28)15(11-23)26-19(29)16-17(24)30-20(27-16)13-3-2-4-14(21)9-13/h2-4,9,11-12,15,23H,5-8,10,22,24H2,1H3,(H,26,29). The summed E-state index contributed by atoms with van der Waals surface area (Å²) < 4.78 is 13.5. The van der Waals surface area contributed by atoms with Crippen molar-refractivity contribution in [2.45, 2.75) is 18.9 Å². The Morgan fingerprint density at radius 3 is 2.83 bits per heavy atom. The highest BCUT2D eigenvalue weighted by Gasteiger charge is 2.27. The number of anilines is 1. The highest BCUT2D eigenvalue weighted by atomic mass is 32.1. The van der Waals surface area contributed by atoms with Crippen LogP contribution in [-0.4, -0.2) is 60.6 Å². The first kappa shape index (κ1) is 21.8. The molecule has 8 nitrogen and oxygen atoms in total. The summed E-state index contributed by atoms with van der Waals surface area (Å²) in [5.41, 5.74) is 12.4.